The second-order valence-electron chi connectivity index (χ2n) is 4.78. The molecule has 0 saturated carbocycles. The molecule has 0 radical (unpaired) electrons. The Bertz CT molecular complexity index is 543. The van der Waals surface area contributed by atoms with Crippen molar-refractivity contribution in [2.24, 2.45) is 7.05 Å². The number of benzene rings is 1. The monoisotopic (exact) mass is 235 g/mol. The lowest BCUT2D eigenvalue weighted by Gasteiger charge is -2.25. The number of imidazole rings is 1. The smallest absolute Gasteiger partial charge is 0.129 e. The van der Waals surface area contributed by atoms with Gasteiger partial charge in [-0.2, -0.15) is 0 Å². The van der Waals surface area contributed by atoms with Crippen LogP contribution in [-0.2, 0) is 12.6 Å². The van der Waals surface area contributed by atoms with Gasteiger partial charge in [-0.15, -0.1) is 0 Å². The number of nitrogens with one attached hydrogen (secondary N) is 1. The quantitative estimate of drug-likeness (QED) is 0.886. The summed E-state index contributed by atoms with van der Waals surface area (Å²) in [6.45, 7) is 7.08. The van der Waals surface area contributed by atoms with Crippen LogP contribution in [0.1, 0.15) is 26.6 Å². The van der Waals surface area contributed by atoms with Crippen LogP contribution in [0.2, 0.25) is 0 Å². The lowest BCUT2D eigenvalue weighted by Crippen LogP contribution is -2.38. The van der Waals surface area contributed by atoms with Crippen molar-refractivity contribution in [3.05, 3.63) is 29.8 Å². The molecule has 1 aromatic heterocycles. The van der Waals surface area contributed by atoms with Gasteiger partial charge in [-0.3, -0.25) is 0 Å². The van der Waals surface area contributed by atoms with Crippen LogP contribution in [0, 0.1) is 5.82 Å². The van der Waals surface area contributed by atoms with Gasteiger partial charge in [0.25, 0.3) is 0 Å². The predicted octanol–water partition coefficient (Wildman–Crippen LogP) is 2.56. The molecule has 1 N–H and O–H groups in total. The number of hydrogen-bond acceptors (Lipinski definition) is 2. The zero-order valence-corrected chi connectivity index (χ0v) is 10.7. The van der Waals surface area contributed by atoms with Crippen molar-refractivity contribution in [2.75, 3.05) is 6.54 Å². The minimum absolute atomic E-state index is 0.223. The van der Waals surface area contributed by atoms with Crippen LogP contribution < -0.4 is 5.32 Å². The van der Waals surface area contributed by atoms with E-state index < -0.39 is 0 Å². The normalized spacial score (nSPS) is 12.3. The van der Waals surface area contributed by atoms with Gasteiger partial charge in [-0.1, -0.05) is 6.92 Å². The van der Waals surface area contributed by atoms with Crippen LogP contribution in [-0.4, -0.2) is 16.1 Å². The summed E-state index contributed by atoms with van der Waals surface area (Å²) < 4.78 is 15.2. The average Bonchev–Trinajstić information content (AvgIpc) is 2.56. The number of rotatable bonds is 3. The van der Waals surface area contributed by atoms with Crippen LogP contribution in [0.15, 0.2) is 18.2 Å². The highest BCUT2D eigenvalue weighted by Crippen LogP contribution is 2.24. The first-order chi connectivity index (χ1) is 7.95. The summed E-state index contributed by atoms with van der Waals surface area (Å²) in [4.78, 5) is 4.52. The van der Waals surface area contributed by atoms with Gasteiger partial charge < -0.3 is 9.88 Å². The number of aromatic nitrogens is 2. The summed E-state index contributed by atoms with van der Waals surface area (Å²) in [5.74, 6) is 0.670. The number of hydrogen-bond donors (Lipinski definition) is 1. The maximum atomic E-state index is 13.2. The highest BCUT2D eigenvalue weighted by Gasteiger charge is 2.25. The number of fused-ring (bicyclic) bond motifs is 1. The zero-order chi connectivity index (χ0) is 12.6. The van der Waals surface area contributed by atoms with Crippen molar-refractivity contribution in [3.8, 4) is 0 Å². The van der Waals surface area contributed by atoms with E-state index in [0.29, 0.717) is 5.52 Å². The molecule has 17 heavy (non-hydrogen) atoms. The van der Waals surface area contributed by atoms with E-state index in [1.54, 1.807) is 6.07 Å². The Morgan fingerprint density at radius 3 is 2.76 bits per heavy atom. The molecule has 0 fully saturated rings. The largest absolute Gasteiger partial charge is 0.330 e. The third kappa shape index (κ3) is 2.05. The first-order valence-electron chi connectivity index (χ1n) is 5.83. The van der Waals surface area contributed by atoms with Crippen molar-refractivity contribution in [1.29, 1.82) is 0 Å². The van der Waals surface area contributed by atoms with Crippen LogP contribution in [0.3, 0.4) is 0 Å². The number of halogens is 1. The molecule has 2 aromatic rings. The molecular weight excluding hydrogens is 217 g/mol. The Balaban J connectivity index is 2.59. The lowest BCUT2D eigenvalue weighted by molar-refractivity contribution is 0.383. The Kier molecular flexibility index (Phi) is 2.91. The van der Waals surface area contributed by atoms with Gasteiger partial charge in [0, 0.05) is 13.1 Å². The molecule has 0 amide bonds. The molecule has 0 unspecified atom stereocenters. The van der Waals surface area contributed by atoms with Crippen molar-refractivity contribution in [3.63, 3.8) is 0 Å². The van der Waals surface area contributed by atoms with E-state index in [1.165, 1.54) is 12.1 Å². The van der Waals surface area contributed by atoms with E-state index in [1.807, 2.05) is 11.6 Å². The minimum Gasteiger partial charge on any atom is -0.330 e. The summed E-state index contributed by atoms with van der Waals surface area (Å²) >= 11 is 0. The Morgan fingerprint density at radius 1 is 1.41 bits per heavy atom. The summed E-state index contributed by atoms with van der Waals surface area (Å²) in [5.41, 5.74) is 1.43. The standard InChI is InChI=1S/C13H18FN3/c1-5-15-13(2,3)12-16-10-8-9(14)6-7-11(10)17(12)4/h6-8,15H,5H2,1-4H3. The molecule has 0 bridgehead atoms. The second kappa shape index (κ2) is 4.11. The third-order valence-electron chi connectivity index (χ3n) is 3.02. The molecule has 0 aliphatic heterocycles. The number of nitrogens with zero attached hydrogens (tertiary/aromatic N) is 2. The number of aryl methyl sites for hydroxylation is 1. The zero-order valence-electron chi connectivity index (χ0n) is 10.7. The molecule has 0 saturated heterocycles. The Hall–Kier alpha value is -1.42. The van der Waals surface area contributed by atoms with Crippen LogP contribution in [0.5, 0.6) is 0 Å². The predicted molar refractivity (Wildman–Crippen MR) is 67.4 cm³/mol. The van der Waals surface area contributed by atoms with Gasteiger partial charge in [0.2, 0.25) is 0 Å². The fourth-order valence-corrected chi connectivity index (χ4v) is 2.25. The van der Waals surface area contributed by atoms with Gasteiger partial charge in [-0.25, -0.2) is 9.37 Å². The van der Waals surface area contributed by atoms with E-state index in [9.17, 15) is 4.39 Å². The molecule has 92 valence electrons. The highest BCUT2D eigenvalue weighted by atomic mass is 19.1. The molecule has 0 aliphatic rings. The van der Waals surface area contributed by atoms with Crippen molar-refractivity contribution < 1.29 is 4.39 Å². The first kappa shape index (κ1) is 12.0. The molecular formula is C13H18FN3. The first-order valence-corrected chi connectivity index (χ1v) is 5.83. The van der Waals surface area contributed by atoms with Gasteiger partial charge >= 0.3 is 0 Å². The average molecular weight is 235 g/mol. The third-order valence-corrected chi connectivity index (χ3v) is 3.02. The van der Waals surface area contributed by atoms with Crippen LogP contribution >= 0.6 is 0 Å². The van der Waals surface area contributed by atoms with Gasteiger partial charge in [-0.05, 0) is 32.5 Å². The van der Waals surface area contributed by atoms with E-state index in [4.69, 9.17) is 0 Å². The van der Waals surface area contributed by atoms with Crippen molar-refractivity contribution in [1.82, 2.24) is 14.9 Å². The highest BCUT2D eigenvalue weighted by molar-refractivity contribution is 5.76. The Morgan fingerprint density at radius 2 is 2.12 bits per heavy atom. The maximum absolute atomic E-state index is 13.2. The molecule has 4 heteroatoms. The maximum Gasteiger partial charge on any atom is 0.129 e. The van der Waals surface area contributed by atoms with Gasteiger partial charge in [0.05, 0.1) is 16.6 Å². The minimum atomic E-state index is -0.247. The fraction of sp³-hybridized carbons (Fsp3) is 0.462. The summed E-state index contributed by atoms with van der Waals surface area (Å²) in [5, 5.41) is 3.38. The van der Waals surface area contributed by atoms with Crippen LogP contribution in [0.4, 0.5) is 4.39 Å². The molecule has 1 heterocycles. The lowest BCUT2D eigenvalue weighted by atomic mass is 10.1. The summed E-state index contributed by atoms with van der Waals surface area (Å²) in [6.07, 6.45) is 0. The molecule has 2 rings (SSSR count). The fourth-order valence-electron chi connectivity index (χ4n) is 2.25. The van der Waals surface area contributed by atoms with E-state index in [-0.39, 0.29) is 11.4 Å². The molecule has 0 aliphatic carbocycles. The van der Waals surface area contributed by atoms with Crippen LogP contribution in [0.25, 0.3) is 11.0 Å². The second-order valence-corrected chi connectivity index (χ2v) is 4.78. The van der Waals surface area contributed by atoms with Crippen molar-refractivity contribution in [2.45, 2.75) is 26.3 Å². The summed E-state index contributed by atoms with van der Waals surface area (Å²) in [6, 6.07) is 4.71. The van der Waals surface area contributed by atoms with Gasteiger partial charge in [0.1, 0.15) is 11.6 Å². The summed E-state index contributed by atoms with van der Waals surface area (Å²) in [7, 11) is 1.96. The SMILES string of the molecule is CCNC(C)(C)c1nc2cc(F)ccc2n1C. The molecule has 1 aromatic carbocycles. The van der Waals surface area contributed by atoms with E-state index >= 15 is 0 Å². The van der Waals surface area contributed by atoms with E-state index in [0.717, 1.165) is 17.9 Å². The Labute approximate surface area is 101 Å². The van der Waals surface area contributed by atoms with E-state index in [2.05, 4.69) is 31.1 Å². The topological polar surface area (TPSA) is 29.9 Å². The molecule has 0 atom stereocenters. The van der Waals surface area contributed by atoms with Crippen molar-refractivity contribution >= 4 is 11.0 Å². The molecule has 0 spiro atoms. The molecule has 3 nitrogen and oxygen atoms in total. The van der Waals surface area contributed by atoms with Gasteiger partial charge in [0.15, 0.2) is 0 Å².